The fourth-order valence-electron chi connectivity index (χ4n) is 2.70. The molecule has 0 saturated carbocycles. The van der Waals surface area contributed by atoms with E-state index in [-0.39, 0.29) is 0 Å². The molecule has 5 nitrogen and oxygen atoms in total. The molecule has 4 rings (SSSR count). The molecule has 2 aromatic rings. The molecular formula is C14H15N3O2. The summed E-state index contributed by atoms with van der Waals surface area (Å²) in [5.41, 5.74) is 2.19. The molecule has 1 saturated heterocycles. The van der Waals surface area contributed by atoms with Crippen LogP contribution in [0, 0.1) is 0 Å². The Morgan fingerprint density at radius 1 is 1.11 bits per heavy atom. The molecule has 0 unspecified atom stereocenters. The molecule has 1 fully saturated rings. The molecule has 2 aliphatic heterocycles. The second-order valence-corrected chi connectivity index (χ2v) is 4.79. The monoisotopic (exact) mass is 257 g/mol. The average molecular weight is 257 g/mol. The summed E-state index contributed by atoms with van der Waals surface area (Å²) in [6.45, 7) is 4.39. The van der Waals surface area contributed by atoms with Crippen molar-refractivity contribution in [1.29, 1.82) is 0 Å². The molecule has 0 amide bonds. The molecule has 0 spiro atoms. The van der Waals surface area contributed by atoms with Gasteiger partial charge in [0, 0.05) is 49.5 Å². The third-order valence-corrected chi connectivity index (χ3v) is 3.67. The Morgan fingerprint density at radius 3 is 2.74 bits per heavy atom. The molecule has 0 aliphatic carbocycles. The van der Waals surface area contributed by atoms with Crippen LogP contribution in [0.4, 0.5) is 5.69 Å². The van der Waals surface area contributed by atoms with Crippen LogP contribution in [0.25, 0.3) is 10.9 Å². The Hall–Kier alpha value is -2.01. The summed E-state index contributed by atoms with van der Waals surface area (Å²) >= 11 is 0. The van der Waals surface area contributed by atoms with Gasteiger partial charge in [0.1, 0.15) is 0 Å². The normalized spacial score (nSPS) is 18.0. The van der Waals surface area contributed by atoms with Gasteiger partial charge in [-0.2, -0.15) is 0 Å². The van der Waals surface area contributed by atoms with Crippen molar-refractivity contribution >= 4 is 16.6 Å². The summed E-state index contributed by atoms with van der Waals surface area (Å²) in [5, 5.41) is 4.51. The van der Waals surface area contributed by atoms with Gasteiger partial charge in [-0.15, -0.1) is 0 Å². The largest absolute Gasteiger partial charge is 0.454 e. The number of benzene rings is 1. The molecule has 98 valence electrons. The summed E-state index contributed by atoms with van der Waals surface area (Å²) < 4.78 is 10.9. The topological polar surface area (TPSA) is 46.6 Å². The van der Waals surface area contributed by atoms with E-state index in [1.807, 2.05) is 18.3 Å². The number of ether oxygens (including phenoxy) is 2. The third-order valence-electron chi connectivity index (χ3n) is 3.67. The van der Waals surface area contributed by atoms with Crippen LogP contribution in [0.5, 0.6) is 11.5 Å². The maximum Gasteiger partial charge on any atom is 0.231 e. The Morgan fingerprint density at radius 2 is 1.89 bits per heavy atom. The Kier molecular flexibility index (Phi) is 2.45. The van der Waals surface area contributed by atoms with Crippen molar-refractivity contribution in [3.05, 3.63) is 24.4 Å². The standard InChI is InChI=1S/C14H15N3O2/c1-2-16-11-8-14-13(18-9-19-14)7-10(11)12(1)17-5-3-15-4-6-17/h1-2,7-8,15H,3-6,9H2. The van der Waals surface area contributed by atoms with Crippen LogP contribution in [0.2, 0.25) is 0 Å². The lowest BCUT2D eigenvalue weighted by molar-refractivity contribution is 0.174. The molecule has 1 aromatic carbocycles. The molecule has 2 aliphatic rings. The summed E-state index contributed by atoms with van der Waals surface area (Å²) in [6, 6.07) is 6.08. The zero-order chi connectivity index (χ0) is 12.7. The lowest BCUT2D eigenvalue weighted by atomic mass is 10.1. The van der Waals surface area contributed by atoms with Gasteiger partial charge in [-0.05, 0) is 12.1 Å². The number of fused-ring (bicyclic) bond motifs is 2. The second kappa shape index (κ2) is 4.28. The van der Waals surface area contributed by atoms with Gasteiger partial charge in [0.05, 0.1) is 5.52 Å². The van der Waals surface area contributed by atoms with Crippen LogP contribution in [0.3, 0.4) is 0 Å². The van der Waals surface area contributed by atoms with Crippen molar-refractivity contribution in [1.82, 2.24) is 10.3 Å². The Bertz CT molecular complexity index is 623. The molecular weight excluding hydrogens is 242 g/mol. The number of hydrogen-bond donors (Lipinski definition) is 1. The number of hydrogen-bond acceptors (Lipinski definition) is 5. The van der Waals surface area contributed by atoms with Crippen molar-refractivity contribution in [2.24, 2.45) is 0 Å². The van der Waals surface area contributed by atoms with E-state index in [1.54, 1.807) is 0 Å². The van der Waals surface area contributed by atoms with Crippen LogP contribution in [-0.2, 0) is 0 Å². The molecule has 0 atom stereocenters. The molecule has 1 N–H and O–H groups in total. The first-order chi connectivity index (χ1) is 9.42. The second-order valence-electron chi connectivity index (χ2n) is 4.79. The van der Waals surface area contributed by atoms with Crippen LogP contribution < -0.4 is 19.7 Å². The number of nitrogens with one attached hydrogen (secondary N) is 1. The molecule has 0 radical (unpaired) electrons. The van der Waals surface area contributed by atoms with Gasteiger partial charge < -0.3 is 19.7 Å². The lowest BCUT2D eigenvalue weighted by Crippen LogP contribution is -2.43. The zero-order valence-corrected chi connectivity index (χ0v) is 10.6. The van der Waals surface area contributed by atoms with Crippen molar-refractivity contribution < 1.29 is 9.47 Å². The van der Waals surface area contributed by atoms with E-state index in [2.05, 4.69) is 21.3 Å². The van der Waals surface area contributed by atoms with Gasteiger partial charge in [0.2, 0.25) is 6.79 Å². The molecule has 0 bridgehead atoms. The number of aromatic nitrogens is 1. The third kappa shape index (κ3) is 1.77. The predicted molar refractivity (Wildman–Crippen MR) is 72.9 cm³/mol. The Balaban J connectivity index is 1.86. The highest BCUT2D eigenvalue weighted by atomic mass is 16.7. The highest BCUT2D eigenvalue weighted by Crippen LogP contribution is 2.38. The van der Waals surface area contributed by atoms with Crippen LogP contribution in [0.1, 0.15) is 0 Å². The highest BCUT2D eigenvalue weighted by Gasteiger charge is 2.18. The number of nitrogens with zero attached hydrogens (tertiary/aromatic N) is 2. The van der Waals surface area contributed by atoms with Gasteiger partial charge >= 0.3 is 0 Å². The molecule has 19 heavy (non-hydrogen) atoms. The summed E-state index contributed by atoms with van der Waals surface area (Å²) in [4.78, 5) is 6.83. The van der Waals surface area contributed by atoms with E-state index >= 15 is 0 Å². The minimum atomic E-state index is 0.300. The van der Waals surface area contributed by atoms with Gasteiger partial charge in [0.15, 0.2) is 11.5 Å². The number of piperazine rings is 1. The fraction of sp³-hybridized carbons (Fsp3) is 0.357. The highest BCUT2D eigenvalue weighted by molar-refractivity contribution is 5.94. The van der Waals surface area contributed by atoms with Crippen molar-refractivity contribution in [3.8, 4) is 11.5 Å². The summed E-state index contributed by atoms with van der Waals surface area (Å²) in [6.07, 6.45) is 1.86. The van der Waals surface area contributed by atoms with Gasteiger partial charge in [-0.3, -0.25) is 4.98 Å². The predicted octanol–water partition coefficient (Wildman–Crippen LogP) is 1.37. The van der Waals surface area contributed by atoms with E-state index in [0.29, 0.717) is 6.79 Å². The van der Waals surface area contributed by atoms with Crippen molar-refractivity contribution in [2.45, 2.75) is 0 Å². The Labute approximate surface area is 111 Å². The zero-order valence-electron chi connectivity index (χ0n) is 10.6. The first-order valence-corrected chi connectivity index (χ1v) is 6.56. The van der Waals surface area contributed by atoms with E-state index in [4.69, 9.17) is 9.47 Å². The quantitative estimate of drug-likeness (QED) is 0.836. The smallest absolute Gasteiger partial charge is 0.231 e. The maximum atomic E-state index is 5.47. The summed E-state index contributed by atoms with van der Waals surface area (Å²) in [7, 11) is 0. The minimum absolute atomic E-state index is 0.300. The van der Waals surface area contributed by atoms with Gasteiger partial charge in [0.25, 0.3) is 0 Å². The fourth-order valence-corrected chi connectivity index (χ4v) is 2.70. The van der Waals surface area contributed by atoms with Gasteiger partial charge in [-0.1, -0.05) is 0 Å². The molecule has 3 heterocycles. The van der Waals surface area contributed by atoms with Crippen molar-refractivity contribution in [2.75, 3.05) is 37.9 Å². The van der Waals surface area contributed by atoms with E-state index in [0.717, 1.165) is 48.6 Å². The van der Waals surface area contributed by atoms with E-state index in [1.165, 1.54) is 5.69 Å². The number of rotatable bonds is 1. The van der Waals surface area contributed by atoms with Crippen LogP contribution >= 0.6 is 0 Å². The maximum absolute atomic E-state index is 5.47. The van der Waals surface area contributed by atoms with E-state index < -0.39 is 0 Å². The SMILES string of the molecule is c1cc(N2CCNCC2)c2cc3c(cc2n1)OCO3. The lowest BCUT2D eigenvalue weighted by Gasteiger charge is -2.30. The number of pyridine rings is 1. The van der Waals surface area contributed by atoms with Crippen molar-refractivity contribution in [3.63, 3.8) is 0 Å². The first-order valence-electron chi connectivity index (χ1n) is 6.56. The van der Waals surface area contributed by atoms with E-state index in [9.17, 15) is 0 Å². The molecule has 1 aromatic heterocycles. The first kappa shape index (κ1) is 10.9. The minimum Gasteiger partial charge on any atom is -0.454 e. The number of anilines is 1. The van der Waals surface area contributed by atoms with Gasteiger partial charge in [-0.25, -0.2) is 0 Å². The average Bonchev–Trinajstić information content (AvgIpc) is 2.92. The van der Waals surface area contributed by atoms with Crippen LogP contribution in [-0.4, -0.2) is 38.0 Å². The van der Waals surface area contributed by atoms with Crippen LogP contribution in [0.15, 0.2) is 24.4 Å². The summed E-state index contributed by atoms with van der Waals surface area (Å²) in [5.74, 6) is 1.61. The molecule has 5 heteroatoms.